The molecule has 0 aliphatic rings. The van der Waals surface area contributed by atoms with Crippen molar-refractivity contribution in [1.29, 1.82) is 0 Å². The third-order valence-electron chi connectivity index (χ3n) is 3.93. The normalized spacial score (nSPS) is 11.1. The van der Waals surface area contributed by atoms with Crippen molar-refractivity contribution in [2.24, 2.45) is 0 Å². The maximum absolute atomic E-state index is 13.3. The van der Waals surface area contributed by atoms with Gasteiger partial charge in [-0.3, -0.25) is 9.52 Å². The molecule has 3 aromatic rings. The van der Waals surface area contributed by atoms with Crippen molar-refractivity contribution >= 4 is 39.1 Å². The fraction of sp³-hybridized carbons (Fsp3) is 0.0500. The van der Waals surface area contributed by atoms with Crippen LogP contribution in [0.15, 0.2) is 76.5 Å². The van der Waals surface area contributed by atoms with Gasteiger partial charge in [0.15, 0.2) is 11.6 Å². The summed E-state index contributed by atoms with van der Waals surface area (Å²) in [5, 5.41) is 2.77. The molecular weight excluding hydrogens is 418 g/mol. The molecule has 5 nitrogen and oxygen atoms in total. The number of benzene rings is 3. The first-order valence-corrected chi connectivity index (χ1v) is 11.0. The average Bonchev–Trinajstić information content (AvgIpc) is 2.70. The van der Waals surface area contributed by atoms with Crippen molar-refractivity contribution < 1.29 is 22.0 Å². The summed E-state index contributed by atoms with van der Waals surface area (Å²) in [6.07, 6.45) is 1.93. The molecule has 1 amide bonds. The first kappa shape index (κ1) is 20.8. The van der Waals surface area contributed by atoms with E-state index in [0.29, 0.717) is 17.3 Å². The van der Waals surface area contributed by atoms with Crippen LogP contribution in [-0.4, -0.2) is 20.6 Å². The molecule has 0 radical (unpaired) electrons. The largest absolute Gasteiger partial charge is 0.322 e. The van der Waals surface area contributed by atoms with Crippen molar-refractivity contribution in [1.82, 2.24) is 0 Å². The van der Waals surface area contributed by atoms with E-state index in [1.54, 1.807) is 17.8 Å². The molecular formula is C20H16F2N2O3S2. The zero-order valence-electron chi connectivity index (χ0n) is 15.1. The van der Waals surface area contributed by atoms with Gasteiger partial charge in [-0.25, -0.2) is 17.2 Å². The predicted octanol–water partition coefficient (Wildman–Crippen LogP) is 4.74. The highest BCUT2D eigenvalue weighted by Crippen LogP contribution is 2.21. The minimum absolute atomic E-state index is 0.177. The molecule has 0 spiro atoms. The third kappa shape index (κ3) is 5.12. The van der Waals surface area contributed by atoms with Crippen LogP contribution in [0.2, 0.25) is 0 Å². The summed E-state index contributed by atoms with van der Waals surface area (Å²) in [5.74, 6) is -2.74. The highest BCUT2D eigenvalue weighted by atomic mass is 32.2. The van der Waals surface area contributed by atoms with Gasteiger partial charge in [0, 0.05) is 21.8 Å². The molecule has 29 heavy (non-hydrogen) atoms. The lowest BCUT2D eigenvalue weighted by molar-refractivity contribution is 0.102. The van der Waals surface area contributed by atoms with E-state index in [-0.39, 0.29) is 11.6 Å². The Hall–Kier alpha value is -2.91. The molecule has 3 rings (SSSR count). The molecule has 0 heterocycles. The second-order valence-electron chi connectivity index (χ2n) is 5.94. The van der Waals surface area contributed by atoms with Gasteiger partial charge >= 0.3 is 0 Å². The minimum atomic E-state index is -4.10. The number of halogens is 2. The van der Waals surface area contributed by atoms with E-state index in [1.807, 2.05) is 24.5 Å². The lowest BCUT2D eigenvalue weighted by Gasteiger charge is -2.10. The number of anilines is 2. The monoisotopic (exact) mass is 434 g/mol. The Kier molecular flexibility index (Phi) is 6.19. The van der Waals surface area contributed by atoms with Gasteiger partial charge in [-0.2, -0.15) is 0 Å². The number of hydrogen-bond donors (Lipinski definition) is 2. The quantitative estimate of drug-likeness (QED) is 0.550. The van der Waals surface area contributed by atoms with Gasteiger partial charge in [0.2, 0.25) is 0 Å². The van der Waals surface area contributed by atoms with Crippen molar-refractivity contribution in [3.8, 4) is 0 Å². The van der Waals surface area contributed by atoms with Crippen LogP contribution in [0.5, 0.6) is 0 Å². The van der Waals surface area contributed by atoms with E-state index < -0.39 is 26.6 Å². The summed E-state index contributed by atoms with van der Waals surface area (Å²) in [4.78, 5) is 13.0. The zero-order chi connectivity index (χ0) is 21.0. The van der Waals surface area contributed by atoms with E-state index in [2.05, 4.69) is 10.0 Å². The van der Waals surface area contributed by atoms with Crippen LogP contribution in [-0.2, 0) is 10.0 Å². The smallest absolute Gasteiger partial charge is 0.261 e. The van der Waals surface area contributed by atoms with E-state index >= 15 is 0 Å². The summed E-state index contributed by atoms with van der Waals surface area (Å²) >= 11 is 1.55. The number of sulfonamides is 1. The fourth-order valence-corrected chi connectivity index (χ4v) is 3.98. The van der Waals surface area contributed by atoms with E-state index in [1.165, 1.54) is 24.3 Å². The number of hydrogen-bond acceptors (Lipinski definition) is 4. The Labute approximate surface area is 171 Å². The molecule has 3 aromatic carbocycles. The van der Waals surface area contributed by atoms with Crippen molar-refractivity contribution in [3.63, 3.8) is 0 Å². The fourth-order valence-electron chi connectivity index (χ4n) is 2.45. The van der Waals surface area contributed by atoms with Gasteiger partial charge in [-0.05, 0) is 66.9 Å². The number of nitrogens with one attached hydrogen (secondary N) is 2. The first-order chi connectivity index (χ1) is 13.8. The number of carbonyl (C=O) groups is 1. The summed E-state index contributed by atoms with van der Waals surface area (Å²) < 4.78 is 53.2. The van der Waals surface area contributed by atoms with Gasteiger partial charge in [0.25, 0.3) is 15.9 Å². The van der Waals surface area contributed by atoms with Crippen LogP contribution in [0.1, 0.15) is 10.4 Å². The number of thioether (sulfide) groups is 1. The highest BCUT2D eigenvalue weighted by molar-refractivity contribution is 7.98. The van der Waals surface area contributed by atoms with E-state index in [9.17, 15) is 22.0 Å². The maximum atomic E-state index is 13.3. The second kappa shape index (κ2) is 8.62. The molecule has 0 bridgehead atoms. The molecule has 0 saturated carbocycles. The predicted molar refractivity (Wildman–Crippen MR) is 110 cm³/mol. The zero-order valence-corrected chi connectivity index (χ0v) is 16.8. The van der Waals surface area contributed by atoms with E-state index in [0.717, 1.165) is 17.0 Å². The summed E-state index contributed by atoms with van der Waals surface area (Å²) in [7, 11) is -4.10. The van der Waals surface area contributed by atoms with Crippen molar-refractivity contribution in [3.05, 3.63) is 83.9 Å². The second-order valence-corrected chi connectivity index (χ2v) is 8.51. The first-order valence-electron chi connectivity index (χ1n) is 8.32. The van der Waals surface area contributed by atoms with Crippen LogP contribution in [0, 0.1) is 11.6 Å². The Balaban J connectivity index is 1.72. The van der Waals surface area contributed by atoms with Gasteiger partial charge in [-0.1, -0.05) is 6.07 Å². The number of rotatable bonds is 6. The maximum Gasteiger partial charge on any atom is 0.261 e. The van der Waals surface area contributed by atoms with Gasteiger partial charge < -0.3 is 5.32 Å². The molecule has 0 saturated heterocycles. The van der Waals surface area contributed by atoms with Crippen molar-refractivity contribution in [2.75, 3.05) is 16.3 Å². The van der Waals surface area contributed by atoms with Crippen LogP contribution >= 0.6 is 11.8 Å². The van der Waals surface area contributed by atoms with Crippen molar-refractivity contribution in [2.45, 2.75) is 9.79 Å². The lowest BCUT2D eigenvalue weighted by atomic mass is 10.2. The van der Waals surface area contributed by atoms with Crippen LogP contribution in [0.25, 0.3) is 0 Å². The number of amides is 1. The lowest BCUT2D eigenvalue weighted by Crippen LogP contribution is -2.14. The molecule has 0 aromatic heterocycles. The molecule has 2 N–H and O–H groups in total. The van der Waals surface area contributed by atoms with Crippen LogP contribution in [0.3, 0.4) is 0 Å². The Bertz CT molecular complexity index is 1150. The Morgan fingerprint density at radius 2 is 1.62 bits per heavy atom. The average molecular weight is 434 g/mol. The molecule has 0 unspecified atom stereocenters. The SMILES string of the molecule is CSc1cccc(NC(=O)c2ccc(NS(=O)(=O)c3ccc(F)c(F)c3)cc2)c1. The summed E-state index contributed by atoms with van der Waals surface area (Å²) in [6.45, 7) is 0. The number of carbonyl (C=O) groups excluding carboxylic acids is 1. The summed E-state index contributed by atoms with van der Waals surface area (Å²) in [6, 6.07) is 15.4. The van der Waals surface area contributed by atoms with E-state index in [4.69, 9.17) is 0 Å². The van der Waals surface area contributed by atoms with Gasteiger partial charge in [0.05, 0.1) is 4.90 Å². The Morgan fingerprint density at radius 1 is 0.897 bits per heavy atom. The molecule has 0 fully saturated rings. The highest BCUT2D eigenvalue weighted by Gasteiger charge is 2.17. The molecule has 0 aliphatic heterocycles. The molecule has 0 atom stereocenters. The molecule has 150 valence electrons. The molecule has 9 heteroatoms. The topological polar surface area (TPSA) is 75.3 Å². The Morgan fingerprint density at radius 3 is 2.28 bits per heavy atom. The summed E-state index contributed by atoms with van der Waals surface area (Å²) in [5.41, 5.74) is 1.15. The van der Waals surface area contributed by atoms with Crippen LogP contribution in [0.4, 0.5) is 20.2 Å². The molecule has 0 aliphatic carbocycles. The van der Waals surface area contributed by atoms with Gasteiger partial charge in [0.1, 0.15) is 0 Å². The standard InChI is InChI=1S/C20H16F2N2O3S2/c1-28-16-4-2-3-15(11-16)23-20(25)13-5-7-14(8-6-13)24-29(26,27)17-9-10-18(21)19(22)12-17/h2-12,24H,1H3,(H,23,25). The third-order valence-corrected chi connectivity index (χ3v) is 6.03. The van der Waals surface area contributed by atoms with Crippen LogP contribution < -0.4 is 10.0 Å². The minimum Gasteiger partial charge on any atom is -0.322 e. The van der Waals surface area contributed by atoms with Gasteiger partial charge in [-0.15, -0.1) is 11.8 Å².